The zero-order chi connectivity index (χ0) is 16.9. The van der Waals surface area contributed by atoms with Crippen molar-refractivity contribution in [1.82, 2.24) is 4.98 Å². The van der Waals surface area contributed by atoms with Crippen molar-refractivity contribution in [3.8, 4) is 28.7 Å². The van der Waals surface area contributed by atoms with E-state index in [0.29, 0.717) is 21.9 Å². The summed E-state index contributed by atoms with van der Waals surface area (Å²) in [5.41, 5.74) is 2.16. The third-order valence-electron chi connectivity index (χ3n) is 3.39. The Morgan fingerprint density at radius 3 is 2.75 bits per heavy atom. The molecule has 0 amide bonds. The van der Waals surface area contributed by atoms with Crippen LogP contribution in [0.25, 0.3) is 11.1 Å². The van der Waals surface area contributed by atoms with Gasteiger partial charge in [0.05, 0.1) is 12.7 Å². The molecule has 2 aromatic carbocycles. The number of carbonyl (C=O) groups is 1. The zero-order valence-corrected chi connectivity index (χ0v) is 13.6. The Bertz CT molecular complexity index is 937. The second-order valence-corrected chi connectivity index (χ2v) is 5.75. The minimum Gasteiger partial charge on any atom is -0.497 e. The fraction of sp³-hybridized carbons (Fsp3) is 0.0526. The highest BCUT2D eigenvalue weighted by Gasteiger charge is 2.15. The Hall–Kier alpha value is -3.10. The number of benzene rings is 2. The Morgan fingerprint density at radius 1 is 1.21 bits per heavy atom. The molecule has 118 valence electrons. The van der Waals surface area contributed by atoms with Crippen molar-refractivity contribution in [2.24, 2.45) is 0 Å². The van der Waals surface area contributed by atoms with Gasteiger partial charge in [-0.1, -0.05) is 24.1 Å². The van der Waals surface area contributed by atoms with Crippen LogP contribution in [0, 0.1) is 11.8 Å². The fourth-order valence-corrected chi connectivity index (χ4v) is 2.81. The van der Waals surface area contributed by atoms with Crippen LogP contribution >= 0.6 is 11.3 Å². The first-order chi connectivity index (χ1) is 11.7. The third-order valence-corrected chi connectivity index (χ3v) is 4.08. The van der Waals surface area contributed by atoms with Crippen LogP contribution in [0.15, 0.2) is 54.0 Å². The van der Waals surface area contributed by atoms with E-state index in [1.165, 1.54) is 11.3 Å². The number of thiazole rings is 1. The third kappa shape index (κ3) is 3.29. The smallest absolute Gasteiger partial charge is 0.336 e. The summed E-state index contributed by atoms with van der Waals surface area (Å²) in [7, 11) is 1.57. The lowest BCUT2D eigenvalue weighted by atomic mass is 9.94. The predicted molar refractivity (Wildman–Crippen MR) is 93.5 cm³/mol. The topological polar surface area (TPSA) is 59.4 Å². The molecule has 0 bridgehead atoms. The highest BCUT2D eigenvalue weighted by molar-refractivity contribution is 7.10. The van der Waals surface area contributed by atoms with Crippen LogP contribution in [0.1, 0.15) is 20.9 Å². The van der Waals surface area contributed by atoms with E-state index >= 15 is 0 Å². The molecule has 3 rings (SSSR count). The van der Waals surface area contributed by atoms with Crippen molar-refractivity contribution in [3.05, 3.63) is 70.2 Å². The lowest BCUT2D eigenvalue weighted by molar-refractivity contribution is 0.0697. The van der Waals surface area contributed by atoms with Gasteiger partial charge in [-0.3, -0.25) is 0 Å². The Balaban J connectivity index is 2.19. The molecular weight excluding hydrogens is 322 g/mol. The molecule has 0 aliphatic rings. The van der Waals surface area contributed by atoms with Crippen molar-refractivity contribution >= 4 is 17.3 Å². The number of ether oxygens (including phenoxy) is 1. The molecule has 0 saturated heterocycles. The highest BCUT2D eigenvalue weighted by atomic mass is 32.1. The SMILES string of the molecule is COc1cccc(-c2c(C#Cc3nccs3)cccc2C(=O)O)c1. The molecule has 1 heterocycles. The Labute approximate surface area is 143 Å². The number of aromatic nitrogens is 1. The summed E-state index contributed by atoms with van der Waals surface area (Å²) in [4.78, 5) is 15.8. The van der Waals surface area contributed by atoms with E-state index in [9.17, 15) is 9.90 Å². The van der Waals surface area contributed by atoms with E-state index in [4.69, 9.17) is 4.74 Å². The van der Waals surface area contributed by atoms with E-state index in [1.807, 2.05) is 29.6 Å². The monoisotopic (exact) mass is 335 g/mol. The van der Waals surface area contributed by atoms with Gasteiger partial charge in [-0.25, -0.2) is 9.78 Å². The summed E-state index contributed by atoms with van der Waals surface area (Å²) in [5.74, 6) is 5.68. The van der Waals surface area contributed by atoms with E-state index < -0.39 is 5.97 Å². The molecule has 5 heteroatoms. The maximum atomic E-state index is 11.6. The number of hydrogen-bond donors (Lipinski definition) is 1. The molecular formula is C19H13NO3S. The molecule has 0 unspecified atom stereocenters. The number of nitrogens with zero attached hydrogens (tertiary/aromatic N) is 1. The molecule has 0 atom stereocenters. The molecule has 1 aromatic heterocycles. The Kier molecular flexibility index (Phi) is 4.59. The molecule has 0 fully saturated rings. The number of rotatable bonds is 3. The minimum atomic E-state index is -0.995. The zero-order valence-electron chi connectivity index (χ0n) is 12.8. The van der Waals surface area contributed by atoms with E-state index in [2.05, 4.69) is 16.8 Å². The molecule has 4 nitrogen and oxygen atoms in total. The first kappa shape index (κ1) is 15.8. The summed E-state index contributed by atoms with van der Waals surface area (Å²) in [6.45, 7) is 0. The standard InChI is InChI=1S/C19H13NO3S/c1-23-15-6-2-5-14(12-15)18-13(4-3-7-16(18)19(21)22)8-9-17-20-10-11-24-17/h2-7,10-12H,1H3,(H,21,22). The lowest BCUT2D eigenvalue weighted by Crippen LogP contribution is -2.01. The van der Waals surface area contributed by atoms with Crippen LogP contribution in [0.4, 0.5) is 0 Å². The number of carboxylic acids is 1. The number of hydrogen-bond acceptors (Lipinski definition) is 4. The quantitative estimate of drug-likeness (QED) is 0.737. The van der Waals surface area contributed by atoms with Gasteiger partial charge >= 0.3 is 5.97 Å². The van der Waals surface area contributed by atoms with Crippen molar-refractivity contribution in [1.29, 1.82) is 0 Å². The molecule has 0 spiro atoms. The van der Waals surface area contributed by atoms with Crippen LogP contribution in [0.3, 0.4) is 0 Å². The second kappa shape index (κ2) is 6.99. The second-order valence-electron chi connectivity index (χ2n) is 4.85. The van der Waals surface area contributed by atoms with Crippen LogP contribution in [-0.4, -0.2) is 23.2 Å². The van der Waals surface area contributed by atoms with Gasteiger partial charge in [-0.15, -0.1) is 11.3 Å². The van der Waals surface area contributed by atoms with Gasteiger partial charge < -0.3 is 9.84 Å². The summed E-state index contributed by atoms with van der Waals surface area (Å²) < 4.78 is 5.24. The summed E-state index contributed by atoms with van der Waals surface area (Å²) in [5, 5.41) is 12.1. The van der Waals surface area contributed by atoms with Gasteiger partial charge in [0.2, 0.25) is 0 Å². The van der Waals surface area contributed by atoms with Crippen LogP contribution in [0.5, 0.6) is 5.75 Å². The summed E-state index contributed by atoms with van der Waals surface area (Å²) >= 11 is 1.44. The van der Waals surface area contributed by atoms with E-state index in [1.54, 1.807) is 31.5 Å². The van der Waals surface area contributed by atoms with Crippen molar-refractivity contribution in [2.45, 2.75) is 0 Å². The average molecular weight is 335 g/mol. The molecule has 1 N–H and O–H groups in total. The van der Waals surface area contributed by atoms with Gasteiger partial charge in [0, 0.05) is 22.7 Å². The average Bonchev–Trinajstić information content (AvgIpc) is 3.13. The van der Waals surface area contributed by atoms with Crippen molar-refractivity contribution in [2.75, 3.05) is 7.11 Å². The lowest BCUT2D eigenvalue weighted by Gasteiger charge is -2.10. The van der Waals surface area contributed by atoms with Crippen LogP contribution < -0.4 is 4.74 Å². The molecule has 0 radical (unpaired) electrons. The molecule has 0 saturated carbocycles. The van der Waals surface area contributed by atoms with E-state index in [0.717, 1.165) is 5.56 Å². The molecule has 24 heavy (non-hydrogen) atoms. The van der Waals surface area contributed by atoms with Crippen molar-refractivity contribution in [3.63, 3.8) is 0 Å². The molecule has 3 aromatic rings. The maximum Gasteiger partial charge on any atom is 0.336 e. The van der Waals surface area contributed by atoms with Gasteiger partial charge in [0.25, 0.3) is 0 Å². The molecule has 0 aliphatic carbocycles. The minimum absolute atomic E-state index is 0.203. The largest absolute Gasteiger partial charge is 0.497 e. The van der Waals surface area contributed by atoms with Gasteiger partial charge in [-0.05, 0) is 35.7 Å². The number of methoxy groups -OCH3 is 1. The van der Waals surface area contributed by atoms with Gasteiger partial charge in [0.1, 0.15) is 5.75 Å². The van der Waals surface area contributed by atoms with Crippen LogP contribution in [-0.2, 0) is 0 Å². The fourth-order valence-electron chi connectivity index (χ4n) is 2.33. The first-order valence-electron chi connectivity index (χ1n) is 7.11. The number of carboxylic acid groups (broad SMARTS) is 1. The number of aromatic carboxylic acids is 1. The maximum absolute atomic E-state index is 11.6. The van der Waals surface area contributed by atoms with Gasteiger partial charge in [0.15, 0.2) is 5.01 Å². The van der Waals surface area contributed by atoms with Crippen molar-refractivity contribution < 1.29 is 14.6 Å². The summed E-state index contributed by atoms with van der Waals surface area (Å²) in [6.07, 6.45) is 1.69. The molecule has 0 aliphatic heterocycles. The normalized spacial score (nSPS) is 9.88. The first-order valence-corrected chi connectivity index (χ1v) is 7.99. The van der Waals surface area contributed by atoms with E-state index in [-0.39, 0.29) is 5.56 Å². The van der Waals surface area contributed by atoms with Crippen LogP contribution in [0.2, 0.25) is 0 Å². The Morgan fingerprint density at radius 2 is 2.04 bits per heavy atom. The van der Waals surface area contributed by atoms with Gasteiger partial charge in [-0.2, -0.15) is 0 Å². The highest BCUT2D eigenvalue weighted by Crippen LogP contribution is 2.30. The predicted octanol–water partition coefficient (Wildman–Crippen LogP) is 3.92. The summed E-state index contributed by atoms with van der Waals surface area (Å²) in [6, 6.07) is 12.4.